The number of hydrogen-bond acceptors (Lipinski definition) is 10. The lowest BCUT2D eigenvalue weighted by Crippen LogP contribution is -2.52. The third-order valence-electron chi connectivity index (χ3n) is 5.87. The summed E-state index contributed by atoms with van der Waals surface area (Å²) in [5.74, 6) is -6.63. The first-order chi connectivity index (χ1) is 15.7. The third-order valence-corrected chi connectivity index (χ3v) is 5.87. The molecule has 2 rings (SSSR count). The molecule has 0 aromatic heterocycles. The minimum atomic E-state index is -1.29. The van der Waals surface area contributed by atoms with E-state index >= 15 is 0 Å². The molecule has 0 radical (unpaired) electrons. The number of allylic oxidation sites excluding steroid dienone is 2. The maximum Gasteiger partial charge on any atom is 0.328 e. The Labute approximate surface area is 190 Å². The number of esters is 4. The number of rotatable bonds is 10. The molecule has 0 aromatic carbocycles. The van der Waals surface area contributed by atoms with Gasteiger partial charge in [0, 0.05) is 0 Å². The third kappa shape index (κ3) is 6.08. The van der Waals surface area contributed by atoms with Gasteiger partial charge >= 0.3 is 23.9 Å². The van der Waals surface area contributed by atoms with Gasteiger partial charge in [-0.1, -0.05) is 12.2 Å². The van der Waals surface area contributed by atoms with E-state index in [1.807, 2.05) is 12.2 Å². The minimum Gasteiger partial charge on any atom is -0.469 e. The first-order valence-electron chi connectivity index (χ1n) is 10.2. The lowest BCUT2D eigenvalue weighted by Gasteiger charge is -2.29. The maximum atomic E-state index is 13.1. The van der Waals surface area contributed by atoms with Gasteiger partial charge in [-0.05, 0) is 18.3 Å². The number of amides is 2. The summed E-state index contributed by atoms with van der Waals surface area (Å²) in [6.07, 6.45) is 3.28. The highest BCUT2D eigenvalue weighted by Gasteiger charge is 2.52. The lowest BCUT2D eigenvalue weighted by atomic mass is 9.81. The average molecular weight is 468 g/mol. The summed E-state index contributed by atoms with van der Waals surface area (Å²) in [5.41, 5.74) is 0. The van der Waals surface area contributed by atoms with E-state index in [2.05, 4.69) is 29.6 Å². The van der Waals surface area contributed by atoms with E-state index in [4.69, 9.17) is 0 Å². The van der Waals surface area contributed by atoms with Crippen LogP contribution in [0.15, 0.2) is 12.2 Å². The average Bonchev–Trinajstić information content (AvgIpc) is 3.43. The molecule has 2 N–H and O–H groups in total. The van der Waals surface area contributed by atoms with Crippen molar-refractivity contribution in [1.82, 2.24) is 10.6 Å². The Bertz CT molecular complexity index is 773. The zero-order chi connectivity index (χ0) is 24.7. The van der Waals surface area contributed by atoms with Gasteiger partial charge in [0.1, 0.15) is 12.1 Å². The Kier molecular flexibility index (Phi) is 8.94. The van der Waals surface area contributed by atoms with Crippen molar-refractivity contribution in [1.29, 1.82) is 0 Å². The van der Waals surface area contributed by atoms with Gasteiger partial charge in [0.05, 0.1) is 53.1 Å². The molecule has 4 unspecified atom stereocenters. The highest BCUT2D eigenvalue weighted by Crippen LogP contribution is 2.48. The van der Waals surface area contributed by atoms with Crippen LogP contribution in [0.5, 0.6) is 0 Å². The van der Waals surface area contributed by atoms with E-state index in [1.165, 1.54) is 0 Å². The Morgan fingerprint density at radius 1 is 0.697 bits per heavy atom. The van der Waals surface area contributed by atoms with Crippen LogP contribution in [0.4, 0.5) is 0 Å². The summed E-state index contributed by atoms with van der Waals surface area (Å²) >= 11 is 0. The molecule has 0 spiro atoms. The molecule has 6 atom stereocenters. The highest BCUT2D eigenvalue weighted by molar-refractivity contribution is 5.95. The van der Waals surface area contributed by atoms with E-state index in [0.29, 0.717) is 6.42 Å². The summed E-state index contributed by atoms with van der Waals surface area (Å²) < 4.78 is 18.4. The Morgan fingerprint density at radius 3 is 1.36 bits per heavy atom. The van der Waals surface area contributed by atoms with Crippen LogP contribution < -0.4 is 10.6 Å². The minimum absolute atomic E-state index is 0.278. The van der Waals surface area contributed by atoms with Gasteiger partial charge in [0.2, 0.25) is 11.8 Å². The van der Waals surface area contributed by atoms with Crippen molar-refractivity contribution in [2.45, 2.75) is 31.3 Å². The van der Waals surface area contributed by atoms with E-state index in [9.17, 15) is 28.8 Å². The molecule has 2 amide bonds. The molecule has 1 saturated carbocycles. The standard InChI is InChI=1S/C21H28N2O10/c1-30-14(24)8-12(20(28)32-3)22-18(26)16-10-5-6-11(7-10)17(16)19(27)23-13(21(29)33-4)9-15(25)31-2/h5-6,10-13,16-17H,7-9H2,1-4H3,(H,22,26)(H,23,27)/t10-,11+,12?,13?,16?,17?. The van der Waals surface area contributed by atoms with Gasteiger partial charge in [-0.3, -0.25) is 19.2 Å². The zero-order valence-corrected chi connectivity index (χ0v) is 18.8. The first-order valence-corrected chi connectivity index (χ1v) is 10.2. The maximum absolute atomic E-state index is 13.1. The van der Waals surface area contributed by atoms with Crippen LogP contribution in [0.2, 0.25) is 0 Å². The van der Waals surface area contributed by atoms with Gasteiger partial charge in [-0.25, -0.2) is 9.59 Å². The fourth-order valence-electron chi connectivity index (χ4n) is 4.24. The van der Waals surface area contributed by atoms with E-state index in [1.54, 1.807) is 0 Å². The van der Waals surface area contributed by atoms with Crippen molar-refractivity contribution in [2.75, 3.05) is 28.4 Å². The number of fused-ring (bicyclic) bond motifs is 2. The zero-order valence-electron chi connectivity index (χ0n) is 18.8. The molecule has 1 fully saturated rings. The molecule has 0 saturated heterocycles. The van der Waals surface area contributed by atoms with Crippen LogP contribution in [-0.2, 0) is 47.7 Å². The van der Waals surface area contributed by atoms with E-state index < -0.39 is 72.5 Å². The Morgan fingerprint density at radius 2 is 1.06 bits per heavy atom. The fourth-order valence-corrected chi connectivity index (χ4v) is 4.24. The van der Waals surface area contributed by atoms with Crippen molar-refractivity contribution >= 4 is 35.7 Å². The summed E-state index contributed by atoms with van der Waals surface area (Å²) in [7, 11) is 4.52. The first kappa shape index (κ1) is 25.8. The number of carbonyl (C=O) groups excluding carboxylic acids is 6. The van der Waals surface area contributed by atoms with Crippen molar-refractivity contribution in [3.05, 3.63) is 12.2 Å². The largest absolute Gasteiger partial charge is 0.469 e. The van der Waals surface area contributed by atoms with Crippen molar-refractivity contribution in [2.24, 2.45) is 23.7 Å². The fraction of sp³-hybridized carbons (Fsp3) is 0.619. The molecule has 2 bridgehead atoms. The molecular formula is C21H28N2O10. The predicted octanol–water partition coefficient (Wildman–Crippen LogP) is -1.13. The van der Waals surface area contributed by atoms with Gasteiger partial charge in [0.15, 0.2) is 0 Å². The molecule has 2 aliphatic carbocycles. The second-order valence-electron chi connectivity index (χ2n) is 7.73. The molecule has 0 aromatic rings. The van der Waals surface area contributed by atoms with Crippen LogP contribution in [-0.4, -0.2) is 76.2 Å². The van der Waals surface area contributed by atoms with Gasteiger partial charge < -0.3 is 29.6 Å². The van der Waals surface area contributed by atoms with Crippen molar-refractivity contribution in [3.63, 3.8) is 0 Å². The summed E-state index contributed by atoms with van der Waals surface area (Å²) in [4.78, 5) is 73.5. The van der Waals surface area contributed by atoms with Gasteiger partial charge in [0.25, 0.3) is 0 Å². The second kappa shape index (κ2) is 11.4. The monoisotopic (exact) mass is 468 g/mol. The van der Waals surface area contributed by atoms with Crippen LogP contribution in [0.1, 0.15) is 19.3 Å². The molecule has 12 nitrogen and oxygen atoms in total. The van der Waals surface area contributed by atoms with Crippen LogP contribution in [0.25, 0.3) is 0 Å². The summed E-state index contributed by atoms with van der Waals surface area (Å²) in [6.45, 7) is 0. The SMILES string of the molecule is COC(=O)CC(NC(=O)C1C(C(=O)NC(CC(=O)OC)C(=O)OC)[C@H]2C=C[C@@H]1C2)C(=O)OC. The van der Waals surface area contributed by atoms with Crippen LogP contribution >= 0.6 is 0 Å². The molecule has 0 aliphatic heterocycles. The topological polar surface area (TPSA) is 163 Å². The summed E-state index contributed by atoms with van der Waals surface area (Å²) in [6, 6.07) is -2.58. The molecule has 2 aliphatic rings. The van der Waals surface area contributed by atoms with E-state index in [-0.39, 0.29) is 11.8 Å². The molecule has 182 valence electrons. The smallest absolute Gasteiger partial charge is 0.328 e. The summed E-state index contributed by atoms with van der Waals surface area (Å²) in [5, 5.41) is 4.96. The molecular weight excluding hydrogens is 440 g/mol. The lowest BCUT2D eigenvalue weighted by molar-refractivity contribution is -0.152. The van der Waals surface area contributed by atoms with Crippen molar-refractivity contribution in [3.8, 4) is 0 Å². The Balaban J connectivity index is 2.19. The number of nitrogens with one attached hydrogen (secondary N) is 2. The van der Waals surface area contributed by atoms with Gasteiger partial charge in [-0.2, -0.15) is 0 Å². The Hall–Kier alpha value is -3.44. The number of ether oxygens (including phenoxy) is 4. The molecule has 0 heterocycles. The molecule has 33 heavy (non-hydrogen) atoms. The van der Waals surface area contributed by atoms with Crippen LogP contribution in [0, 0.1) is 23.7 Å². The second-order valence-corrected chi connectivity index (χ2v) is 7.73. The van der Waals surface area contributed by atoms with Crippen molar-refractivity contribution < 1.29 is 47.7 Å². The quantitative estimate of drug-likeness (QED) is 0.228. The van der Waals surface area contributed by atoms with Gasteiger partial charge in [-0.15, -0.1) is 0 Å². The highest BCUT2D eigenvalue weighted by atomic mass is 16.5. The molecule has 12 heteroatoms. The van der Waals surface area contributed by atoms with E-state index in [0.717, 1.165) is 28.4 Å². The predicted molar refractivity (Wildman–Crippen MR) is 109 cm³/mol. The number of carbonyl (C=O) groups is 6. The number of methoxy groups -OCH3 is 4. The number of hydrogen-bond donors (Lipinski definition) is 2. The van der Waals surface area contributed by atoms with Crippen LogP contribution in [0.3, 0.4) is 0 Å². The normalized spacial score (nSPS) is 24.2.